The Morgan fingerprint density at radius 2 is 2.00 bits per heavy atom. The number of carbonyl (C=O) groups excluding carboxylic acids is 1. The molecule has 0 atom stereocenters. The third kappa shape index (κ3) is 3.70. The van der Waals surface area contributed by atoms with E-state index in [0.717, 1.165) is 5.56 Å². The lowest BCUT2D eigenvalue weighted by Gasteiger charge is -2.07. The van der Waals surface area contributed by atoms with Crippen molar-refractivity contribution >= 4 is 11.9 Å². The molecule has 86 valence electrons. The minimum absolute atomic E-state index is 0.0543. The zero-order valence-electron chi connectivity index (χ0n) is 8.77. The van der Waals surface area contributed by atoms with Crippen molar-refractivity contribution in [2.45, 2.75) is 13.0 Å². The minimum atomic E-state index is -0.851. The Morgan fingerprint density at radius 3 is 2.62 bits per heavy atom. The maximum Gasteiger partial charge on any atom is 0.304 e. The SMILES string of the molecule is NC(=O)c1ccccc1CNCCC(=O)O. The molecule has 0 fully saturated rings. The van der Waals surface area contributed by atoms with Crippen LogP contribution in [0.5, 0.6) is 0 Å². The van der Waals surface area contributed by atoms with Gasteiger partial charge in [0.1, 0.15) is 0 Å². The standard InChI is InChI=1S/C11H14N2O3/c12-11(16)9-4-2-1-3-8(9)7-13-6-5-10(14)15/h1-4,13H,5-7H2,(H2,12,16)(H,14,15). The molecule has 0 aliphatic heterocycles. The molecule has 1 aromatic carbocycles. The molecular formula is C11H14N2O3. The maximum absolute atomic E-state index is 11.1. The lowest BCUT2D eigenvalue weighted by molar-refractivity contribution is -0.136. The smallest absolute Gasteiger partial charge is 0.304 e. The van der Waals surface area contributed by atoms with Crippen LogP contribution in [0.25, 0.3) is 0 Å². The monoisotopic (exact) mass is 222 g/mol. The number of hydrogen-bond donors (Lipinski definition) is 3. The molecule has 0 aliphatic carbocycles. The number of amides is 1. The van der Waals surface area contributed by atoms with Gasteiger partial charge in [-0.2, -0.15) is 0 Å². The maximum atomic E-state index is 11.1. The number of aliphatic carboxylic acids is 1. The first kappa shape index (κ1) is 12.2. The number of nitrogens with two attached hydrogens (primary N) is 1. The van der Waals surface area contributed by atoms with Gasteiger partial charge >= 0.3 is 5.97 Å². The van der Waals surface area contributed by atoms with Gasteiger partial charge in [-0.25, -0.2) is 0 Å². The van der Waals surface area contributed by atoms with Crippen LogP contribution >= 0.6 is 0 Å². The molecule has 16 heavy (non-hydrogen) atoms. The quantitative estimate of drug-likeness (QED) is 0.605. The van der Waals surface area contributed by atoms with E-state index in [1.54, 1.807) is 24.3 Å². The summed E-state index contributed by atoms with van der Waals surface area (Å²) in [5.74, 6) is -1.33. The van der Waals surface area contributed by atoms with Crippen LogP contribution in [-0.4, -0.2) is 23.5 Å². The number of rotatable bonds is 6. The summed E-state index contributed by atoms with van der Waals surface area (Å²) in [6, 6.07) is 6.98. The van der Waals surface area contributed by atoms with Crippen LogP contribution in [-0.2, 0) is 11.3 Å². The molecule has 0 bridgehead atoms. The molecule has 0 aromatic heterocycles. The predicted molar refractivity (Wildman–Crippen MR) is 58.9 cm³/mol. The second kappa shape index (κ2) is 5.87. The van der Waals surface area contributed by atoms with Gasteiger partial charge in [-0.1, -0.05) is 18.2 Å². The van der Waals surface area contributed by atoms with E-state index in [4.69, 9.17) is 10.8 Å². The van der Waals surface area contributed by atoms with Gasteiger partial charge in [0.2, 0.25) is 5.91 Å². The van der Waals surface area contributed by atoms with Gasteiger partial charge < -0.3 is 16.2 Å². The summed E-state index contributed by atoms with van der Waals surface area (Å²) in [5.41, 5.74) is 6.45. The molecule has 0 saturated carbocycles. The molecule has 1 amide bonds. The van der Waals surface area contributed by atoms with Gasteiger partial charge in [0.05, 0.1) is 6.42 Å². The highest BCUT2D eigenvalue weighted by molar-refractivity contribution is 5.94. The highest BCUT2D eigenvalue weighted by Crippen LogP contribution is 2.07. The van der Waals surface area contributed by atoms with Gasteiger partial charge in [-0.3, -0.25) is 9.59 Å². The van der Waals surface area contributed by atoms with Gasteiger partial charge in [-0.05, 0) is 11.6 Å². The molecule has 4 N–H and O–H groups in total. The number of carboxylic acids is 1. The second-order valence-electron chi connectivity index (χ2n) is 3.34. The number of carboxylic acid groups (broad SMARTS) is 1. The summed E-state index contributed by atoms with van der Waals surface area (Å²) >= 11 is 0. The first-order valence-electron chi connectivity index (χ1n) is 4.91. The predicted octanol–water partition coefficient (Wildman–Crippen LogP) is 0.350. The fraction of sp³-hybridized carbons (Fsp3) is 0.273. The van der Waals surface area contributed by atoms with Crippen LogP contribution in [0.15, 0.2) is 24.3 Å². The summed E-state index contributed by atoms with van der Waals surface area (Å²) in [5, 5.41) is 11.4. The average Bonchev–Trinajstić information content (AvgIpc) is 2.24. The molecule has 5 nitrogen and oxygen atoms in total. The third-order valence-electron chi connectivity index (χ3n) is 2.11. The van der Waals surface area contributed by atoms with Gasteiger partial charge in [0.25, 0.3) is 0 Å². The summed E-state index contributed by atoms with van der Waals surface area (Å²) in [7, 11) is 0. The van der Waals surface area contributed by atoms with Crippen molar-refractivity contribution in [2.75, 3.05) is 6.54 Å². The Kier molecular flexibility index (Phi) is 4.47. The molecule has 1 rings (SSSR count). The van der Waals surface area contributed by atoms with Crippen molar-refractivity contribution < 1.29 is 14.7 Å². The Bertz CT molecular complexity index is 391. The molecule has 0 unspecified atom stereocenters. The highest BCUT2D eigenvalue weighted by atomic mass is 16.4. The molecule has 1 aromatic rings. The van der Waals surface area contributed by atoms with E-state index in [-0.39, 0.29) is 6.42 Å². The van der Waals surface area contributed by atoms with E-state index >= 15 is 0 Å². The van der Waals surface area contributed by atoms with Gasteiger partial charge in [0, 0.05) is 18.7 Å². The van der Waals surface area contributed by atoms with Crippen molar-refractivity contribution in [3.8, 4) is 0 Å². The Morgan fingerprint density at radius 1 is 1.31 bits per heavy atom. The highest BCUT2D eigenvalue weighted by Gasteiger charge is 2.06. The molecule has 0 saturated heterocycles. The zero-order chi connectivity index (χ0) is 12.0. The first-order chi connectivity index (χ1) is 7.61. The third-order valence-corrected chi connectivity index (χ3v) is 2.11. The average molecular weight is 222 g/mol. The Labute approximate surface area is 93.3 Å². The van der Waals surface area contributed by atoms with E-state index in [2.05, 4.69) is 5.32 Å². The number of benzene rings is 1. The number of carbonyl (C=O) groups is 2. The fourth-order valence-corrected chi connectivity index (χ4v) is 1.33. The number of hydrogen-bond acceptors (Lipinski definition) is 3. The van der Waals surface area contributed by atoms with Crippen molar-refractivity contribution in [2.24, 2.45) is 5.73 Å². The van der Waals surface area contributed by atoms with E-state index < -0.39 is 11.9 Å². The summed E-state index contributed by atoms with van der Waals surface area (Å²) in [6.07, 6.45) is 0.0543. The topological polar surface area (TPSA) is 92.4 Å². The van der Waals surface area contributed by atoms with Crippen LogP contribution in [0.2, 0.25) is 0 Å². The van der Waals surface area contributed by atoms with Crippen LogP contribution in [0.3, 0.4) is 0 Å². The van der Waals surface area contributed by atoms with Crippen LogP contribution in [0, 0.1) is 0 Å². The Balaban J connectivity index is 2.53. The zero-order valence-corrected chi connectivity index (χ0v) is 8.77. The van der Waals surface area contributed by atoms with E-state index in [1.165, 1.54) is 0 Å². The largest absolute Gasteiger partial charge is 0.481 e. The Hall–Kier alpha value is -1.88. The molecular weight excluding hydrogens is 208 g/mol. The first-order valence-corrected chi connectivity index (χ1v) is 4.91. The van der Waals surface area contributed by atoms with Crippen molar-refractivity contribution in [1.82, 2.24) is 5.32 Å². The summed E-state index contributed by atoms with van der Waals surface area (Å²) in [4.78, 5) is 21.3. The van der Waals surface area contributed by atoms with Gasteiger partial charge in [-0.15, -0.1) is 0 Å². The minimum Gasteiger partial charge on any atom is -0.481 e. The van der Waals surface area contributed by atoms with Crippen LogP contribution < -0.4 is 11.1 Å². The van der Waals surface area contributed by atoms with Crippen molar-refractivity contribution in [3.05, 3.63) is 35.4 Å². The lowest BCUT2D eigenvalue weighted by atomic mass is 10.1. The van der Waals surface area contributed by atoms with E-state index in [1.807, 2.05) is 0 Å². The number of nitrogens with one attached hydrogen (secondary N) is 1. The van der Waals surface area contributed by atoms with Crippen molar-refractivity contribution in [1.29, 1.82) is 0 Å². The summed E-state index contributed by atoms with van der Waals surface area (Å²) < 4.78 is 0. The van der Waals surface area contributed by atoms with Crippen LogP contribution in [0.4, 0.5) is 0 Å². The molecule has 0 heterocycles. The summed E-state index contributed by atoms with van der Waals surface area (Å²) in [6.45, 7) is 0.800. The van der Waals surface area contributed by atoms with E-state index in [9.17, 15) is 9.59 Å². The molecule has 0 aliphatic rings. The van der Waals surface area contributed by atoms with Crippen LogP contribution in [0.1, 0.15) is 22.3 Å². The molecule has 5 heteroatoms. The van der Waals surface area contributed by atoms with E-state index in [0.29, 0.717) is 18.7 Å². The molecule has 0 spiro atoms. The van der Waals surface area contributed by atoms with Crippen molar-refractivity contribution in [3.63, 3.8) is 0 Å². The van der Waals surface area contributed by atoms with Gasteiger partial charge in [0.15, 0.2) is 0 Å². The molecule has 0 radical (unpaired) electrons. The number of primary amides is 1. The fourth-order valence-electron chi connectivity index (χ4n) is 1.33. The normalized spacial score (nSPS) is 10.0. The lowest BCUT2D eigenvalue weighted by Crippen LogP contribution is -2.21. The second-order valence-corrected chi connectivity index (χ2v) is 3.34.